The first-order chi connectivity index (χ1) is 6.83. The lowest BCUT2D eigenvalue weighted by atomic mass is 10.5. The zero-order valence-corrected chi connectivity index (χ0v) is 9.08. The van der Waals surface area contributed by atoms with Crippen LogP contribution in [0.5, 0.6) is 0 Å². The Hall–Kier alpha value is -1.28. The molecule has 0 aliphatic heterocycles. The van der Waals surface area contributed by atoms with Crippen molar-refractivity contribution in [1.82, 2.24) is 30.0 Å². The van der Waals surface area contributed by atoms with Crippen LogP contribution in [0, 0.1) is 0 Å². The van der Waals surface area contributed by atoms with E-state index in [0.29, 0.717) is 0 Å². The Bertz CT molecular complexity index is 551. The van der Waals surface area contributed by atoms with Crippen LogP contribution in [-0.4, -0.2) is 30.0 Å². The molecule has 0 saturated carbocycles. The highest BCUT2D eigenvalue weighted by Gasteiger charge is 2.09. The van der Waals surface area contributed by atoms with Crippen molar-refractivity contribution >= 4 is 32.2 Å². The molecule has 6 nitrogen and oxygen atoms in total. The maximum atomic E-state index is 4.26. The number of aromatic amines is 1. The first kappa shape index (κ1) is 8.06. The quantitative estimate of drug-likeness (QED) is 0.725. The molecule has 0 unspecified atom stereocenters. The maximum Gasteiger partial charge on any atom is 0.234 e. The number of nitrogens with one attached hydrogen (secondary N) is 1. The molecule has 1 N–H and O–H groups in total. The van der Waals surface area contributed by atoms with Gasteiger partial charge in [0, 0.05) is 6.07 Å². The summed E-state index contributed by atoms with van der Waals surface area (Å²) in [5.74, 6) is 0. The highest BCUT2D eigenvalue weighted by Crippen LogP contribution is 2.24. The fraction of sp³-hybridized carbons (Fsp3) is 0. The molecule has 0 saturated heterocycles. The molecule has 3 aromatic heterocycles. The first-order valence-electron chi connectivity index (χ1n) is 3.71. The van der Waals surface area contributed by atoms with Gasteiger partial charge in [-0.2, -0.15) is 14.7 Å². The Morgan fingerprint density at radius 2 is 2.43 bits per heavy atom. The Morgan fingerprint density at radius 3 is 3.14 bits per heavy atom. The van der Waals surface area contributed by atoms with Gasteiger partial charge < -0.3 is 0 Å². The van der Waals surface area contributed by atoms with Crippen molar-refractivity contribution in [1.29, 1.82) is 0 Å². The van der Waals surface area contributed by atoms with E-state index in [2.05, 4.69) is 41.4 Å². The van der Waals surface area contributed by atoms with Crippen LogP contribution in [0.1, 0.15) is 0 Å². The normalized spacial score (nSPS) is 11.2. The van der Waals surface area contributed by atoms with E-state index >= 15 is 0 Å². The van der Waals surface area contributed by atoms with Gasteiger partial charge in [0.1, 0.15) is 16.6 Å². The van der Waals surface area contributed by atoms with E-state index < -0.39 is 0 Å². The van der Waals surface area contributed by atoms with Gasteiger partial charge in [-0.25, -0.2) is 0 Å². The molecule has 0 atom stereocenters. The van der Waals surface area contributed by atoms with Crippen LogP contribution in [0.2, 0.25) is 0 Å². The van der Waals surface area contributed by atoms with Crippen molar-refractivity contribution in [3.8, 4) is 10.7 Å². The van der Waals surface area contributed by atoms with Crippen molar-refractivity contribution in [2.75, 3.05) is 0 Å². The molecule has 0 aromatic carbocycles. The third-order valence-electron chi connectivity index (χ3n) is 1.65. The van der Waals surface area contributed by atoms with Gasteiger partial charge in [-0.15, -0.1) is 10.2 Å². The molecular weight excluding hydrogens is 268 g/mol. The summed E-state index contributed by atoms with van der Waals surface area (Å²) in [5, 5.41) is 19.6. The number of fused-ring (bicyclic) bond motifs is 1. The summed E-state index contributed by atoms with van der Waals surface area (Å²) in [5.41, 5.74) is 0.798. The van der Waals surface area contributed by atoms with E-state index in [-0.39, 0.29) is 0 Å². The summed E-state index contributed by atoms with van der Waals surface area (Å²) in [6.07, 6.45) is 1.57. The SMILES string of the molecule is Brc1cc(-c2nn3cnnc3s2)n[nH]1. The minimum Gasteiger partial charge on any atom is -0.271 e. The summed E-state index contributed by atoms with van der Waals surface area (Å²) in [6.45, 7) is 0. The Labute approximate surface area is 90.1 Å². The minimum absolute atomic E-state index is 0.763. The number of halogens is 1. The molecule has 8 heteroatoms. The van der Waals surface area contributed by atoms with Gasteiger partial charge in [0.2, 0.25) is 4.96 Å². The standard InChI is InChI=1S/C6H3BrN6S/c7-4-1-3(9-10-4)5-12-13-2-8-11-6(13)14-5/h1-2H,(H,9,10). The second-order valence-electron chi connectivity index (χ2n) is 2.57. The second-order valence-corrected chi connectivity index (χ2v) is 4.38. The van der Waals surface area contributed by atoms with Gasteiger partial charge in [0.05, 0.1) is 0 Å². The maximum absolute atomic E-state index is 4.26. The van der Waals surface area contributed by atoms with Gasteiger partial charge in [0.15, 0.2) is 5.01 Å². The molecule has 0 fully saturated rings. The van der Waals surface area contributed by atoms with Crippen LogP contribution in [0.15, 0.2) is 17.0 Å². The molecule has 0 bridgehead atoms. The van der Waals surface area contributed by atoms with Gasteiger partial charge >= 0.3 is 0 Å². The van der Waals surface area contributed by atoms with Crippen LogP contribution in [-0.2, 0) is 0 Å². The van der Waals surface area contributed by atoms with Crippen LogP contribution in [0.3, 0.4) is 0 Å². The Kier molecular flexibility index (Phi) is 1.64. The molecule has 0 aliphatic rings. The highest BCUT2D eigenvalue weighted by atomic mass is 79.9. The number of hydrogen-bond donors (Lipinski definition) is 1. The smallest absolute Gasteiger partial charge is 0.234 e. The minimum atomic E-state index is 0.763. The fourth-order valence-electron chi connectivity index (χ4n) is 1.07. The number of nitrogens with zero attached hydrogens (tertiary/aromatic N) is 5. The molecule has 3 heterocycles. The van der Waals surface area contributed by atoms with Crippen molar-refractivity contribution < 1.29 is 0 Å². The number of rotatable bonds is 1. The lowest BCUT2D eigenvalue weighted by molar-refractivity contribution is 0.953. The van der Waals surface area contributed by atoms with E-state index in [0.717, 1.165) is 20.3 Å². The predicted molar refractivity (Wildman–Crippen MR) is 53.9 cm³/mol. The molecule has 14 heavy (non-hydrogen) atoms. The second kappa shape index (κ2) is 2.85. The summed E-state index contributed by atoms with van der Waals surface area (Å²) in [7, 11) is 0. The van der Waals surface area contributed by atoms with E-state index in [1.165, 1.54) is 11.3 Å². The van der Waals surface area contributed by atoms with Crippen LogP contribution in [0.25, 0.3) is 15.7 Å². The van der Waals surface area contributed by atoms with Gasteiger partial charge in [-0.3, -0.25) is 5.10 Å². The lowest BCUT2D eigenvalue weighted by Crippen LogP contribution is -1.82. The van der Waals surface area contributed by atoms with E-state index in [1.54, 1.807) is 10.8 Å². The fourth-order valence-corrected chi connectivity index (χ4v) is 2.16. The molecule has 0 spiro atoms. The molecule has 0 aliphatic carbocycles. The zero-order chi connectivity index (χ0) is 9.54. The summed E-state index contributed by atoms with van der Waals surface area (Å²) < 4.78 is 2.46. The average molecular weight is 271 g/mol. The summed E-state index contributed by atoms with van der Waals surface area (Å²) >= 11 is 4.73. The molecule has 0 radical (unpaired) electrons. The van der Waals surface area contributed by atoms with E-state index in [4.69, 9.17) is 0 Å². The Morgan fingerprint density at radius 1 is 1.50 bits per heavy atom. The van der Waals surface area contributed by atoms with Gasteiger partial charge in [-0.1, -0.05) is 11.3 Å². The van der Waals surface area contributed by atoms with Crippen molar-refractivity contribution in [2.24, 2.45) is 0 Å². The zero-order valence-electron chi connectivity index (χ0n) is 6.68. The summed E-state index contributed by atoms with van der Waals surface area (Å²) in [4.78, 5) is 0.763. The molecule has 3 rings (SSSR count). The van der Waals surface area contributed by atoms with Gasteiger partial charge in [-0.05, 0) is 15.9 Å². The monoisotopic (exact) mass is 270 g/mol. The third kappa shape index (κ3) is 1.15. The predicted octanol–water partition coefficient (Wildman–Crippen LogP) is 1.34. The van der Waals surface area contributed by atoms with E-state index in [9.17, 15) is 0 Å². The summed E-state index contributed by atoms with van der Waals surface area (Å²) in [6, 6.07) is 1.87. The third-order valence-corrected chi connectivity index (χ3v) is 2.99. The topological polar surface area (TPSA) is 71.8 Å². The molecule has 3 aromatic rings. The lowest BCUT2D eigenvalue weighted by Gasteiger charge is -1.82. The van der Waals surface area contributed by atoms with Crippen LogP contribution in [0.4, 0.5) is 0 Å². The first-order valence-corrected chi connectivity index (χ1v) is 5.32. The number of hydrogen-bond acceptors (Lipinski definition) is 5. The highest BCUT2D eigenvalue weighted by molar-refractivity contribution is 9.10. The molecule has 0 amide bonds. The largest absolute Gasteiger partial charge is 0.271 e. The van der Waals surface area contributed by atoms with Crippen molar-refractivity contribution in [2.45, 2.75) is 0 Å². The average Bonchev–Trinajstić information content (AvgIpc) is 2.75. The van der Waals surface area contributed by atoms with Gasteiger partial charge in [0.25, 0.3) is 0 Å². The van der Waals surface area contributed by atoms with Crippen molar-refractivity contribution in [3.63, 3.8) is 0 Å². The number of aromatic nitrogens is 6. The van der Waals surface area contributed by atoms with Crippen molar-refractivity contribution in [3.05, 3.63) is 17.0 Å². The van der Waals surface area contributed by atoms with Crippen LogP contribution < -0.4 is 0 Å². The van der Waals surface area contributed by atoms with Crippen LogP contribution >= 0.6 is 27.3 Å². The molecule has 70 valence electrons. The van der Waals surface area contributed by atoms with E-state index in [1.807, 2.05) is 6.07 Å². The Balaban J connectivity index is 2.18. The number of H-pyrrole nitrogens is 1. The molecular formula is C6H3BrN6S.